The number of nitrogens with zero attached hydrogens (tertiary/aromatic N) is 1. The van der Waals surface area contributed by atoms with Crippen LogP contribution < -0.4 is 5.32 Å². The molecule has 3 nitrogen and oxygen atoms in total. The van der Waals surface area contributed by atoms with Crippen molar-refractivity contribution < 1.29 is 4.79 Å². The molecule has 1 aromatic rings. The van der Waals surface area contributed by atoms with E-state index in [0.29, 0.717) is 18.0 Å². The summed E-state index contributed by atoms with van der Waals surface area (Å²) in [5.74, 6) is 0.624. The highest BCUT2D eigenvalue weighted by Crippen LogP contribution is 2.61. The predicted molar refractivity (Wildman–Crippen MR) is 95.1 cm³/mol. The summed E-state index contributed by atoms with van der Waals surface area (Å²) in [5.41, 5.74) is 3.11. The molecule has 4 unspecified atom stereocenters. The summed E-state index contributed by atoms with van der Waals surface area (Å²) in [4.78, 5) is 15.2. The molecule has 4 heteroatoms. The van der Waals surface area contributed by atoms with Crippen molar-refractivity contribution in [1.82, 2.24) is 10.2 Å². The second-order valence-electron chi connectivity index (χ2n) is 7.44. The number of hydrogen-bond donors (Lipinski definition) is 1. The Morgan fingerprint density at radius 1 is 1.30 bits per heavy atom. The molecule has 1 aliphatic heterocycles. The van der Waals surface area contributed by atoms with Crippen molar-refractivity contribution in [2.75, 3.05) is 13.1 Å². The number of amides is 1. The molecule has 2 aliphatic carbocycles. The third-order valence-corrected chi connectivity index (χ3v) is 6.31. The predicted octanol–water partition coefficient (Wildman–Crippen LogP) is 2.91. The Hall–Kier alpha value is -1.06. The lowest BCUT2D eigenvalue weighted by Gasteiger charge is -2.39. The molecule has 0 aromatic heterocycles. The summed E-state index contributed by atoms with van der Waals surface area (Å²) in [5, 5.41) is 3.47. The van der Waals surface area contributed by atoms with Gasteiger partial charge in [0.25, 0.3) is 0 Å². The quantitative estimate of drug-likeness (QED) is 0.856. The van der Waals surface area contributed by atoms with Gasteiger partial charge < -0.3 is 10.2 Å². The molecule has 1 aromatic carbocycles. The van der Waals surface area contributed by atoms with Crippen LogP contribution in [0.15, 0.2) is 24.3 Å². The highest BCUT2D eigenvalue weighted by Gasteiger charge is 2.61. The Morgan fingerprint density at radius 3 is 2.91 bits per heavy atom. The largest absolute Gasteiger partial charge is 0.337 e. The summed E-state index contributed by atoms with van der Waals surface area (Å²) in [6.07, 6.45) is 4.67. The van der Waals surface area contributed by atoms with Gasteiger partial charge in [0.15, 0.2) is 0 Å². The monoisotopic (exact) mass is 334 g/mol. The van der Waals surface area contributed by atoms with Gasteiger partial charge in [-0.05, 0) is 50.7 Å². The maximum Gasteiger partial charge on any atom is 0.226 e. The number of carbonyl (C=O) groups is 1. The smallest absolute Gasteiger partial charge is 0.226 e. The zero-order valence-electron chi connectivity index (χ0n) is 14.0. The van der Waals surface area contributed by atoms with Crippen LogP contribution in [0, 0.1) is 5.92 Å². The molecular formula is C19H27ClN2O. The molecular weight excluding hydrogens is 308 g/mol. The Labute approximate surface area is 145 Å². The van der Waals surface area contributed by atoms with Gasteiger partial charge in [0.2, 0.25) is 5.91 Å². The molecule has 1 spiro atoms. The van der Waals surface area contributed by atoms with Crippen molar-refractivity contribution in [3.63, 3.8) is 0 Å². The maximum absolute atomic E-state index is 13.1. The Morgan fingerprint density at radius 2 is 2.09 bits per heavy atom. The molecule has 1 heterocycles. The van der Waals surface area contributed by atoms with E-state index in [0.717, 1.165) is 19.5 Å². The van der Waals surface area contributed by atoms with E-state index in [9.17, 15) is 4.79 Å². The molecule has 0 radical (unpaired) electrons. The van der Waals surface area contributed by atoms with E-state index >= 15 is 0 Å². The first-order valence-corrected chi connectivity index (χ1v) is 8.76. The minimum atomic E-state index is 0. The summed E-state index contributed by atoms with van der Waals surface area (Å²) in [7, 11) is 0. The topological polar surface area (TPSA) is 32.3 Å². The van der Waals surface area contributed by atoms with E-state index in [2.05, 4.69) is 48.3 Å². The summed E-state index contributed by atoms with van der Waals surface area (Å²) in [6, 6.07) is 9.50. The van der Waals surface area contributed by atoms with E-state index in [4.69, 9.17) is 0 Å². The standard InChI is InChI=1S/C19H26N2O.ClH/c1-13-14(2)21(11-10-20-13)18(22)17-12-19(17)9-5-7-15-6-3-4-8-16(15)19;/h3-4,6,8,13-14,17,20H,5,7,9-12H2,1-2H3;1H. The molecule has 2 fully saturated rings. The molecule has 23 heavy (non-hydrogen) atoms. The second kappa shape index (κ2) is 6.10. The van der Waals surface area contributed by atoms with Crippen LogP contribution in [0.2, 0.25) is 0 Å². The maximum atomic E-state index is 13.1. The van der Waals surface area contributed by atoms with Gasteiger partial charge in [0, 0.05) is 36.5 Å². The van der Waals surface area contributed by atoms with E-state index in [-0.39, 0.29) is 23.7 Å². The number of benzene rings is 1. The Balaban J connectivity index is 0.00000156. The lowest BCUT2D eigenvalue weighted by Crippen LogP contribution is -2.57. The fraction of sp³-hybridized carbons (Fsp3) is 0.632. The third kappa shape index (κ3) is 2.58. The summed E-state index contributed by atoms with van der Waals surface area (Å²) >= 11 is 0. The number of halogens is 1. The molecule has 3 aliphatic rings. The first-order valence-electron chi connectivity index (χ1n) is 8.76. The average molecular weight is 335 g/mol. The molecule has 4 atom stereocenters. The molecule has 1 saturated carbocycles. The Kier molecular flexibility index (Phi) is 4.45. The summed E-state index contributed by atoms with van der Waals surface area (Å²) in [6.45, 7) is 6.15. The molecule has 4 rings (SSSR count). The Bertz CT molecular complexity index is 605. The highest BCUT2D eigenvalue weighted by atomic mass is 35.5. The third-order valence-electron chi connectivity index (χ3n) is 6.31. The van der Waals surface area contributed by atoms with Crippen LogP contribution >= 0.6 is 12.4 Å². The normalized spacial score (nSPS) is 35.4. The number of hydrogen-bond acceptors (Lipinski definition) is 2. The van der Waals surface area contributed by atoms with Crippen LogP contribution in [0.25, 0.3) is 0 Å². The molecule has 126 valence electrons. The molecule has 1 amide bonds. The number of piperazine rings is 1. The minimum absolute atomic E-state index is 0. The van der Waals surface area contributed by atoms with E-state index in [1.807, 2.05) is 0 Å². The molecule has 1 saturated heterocycles. The lowest BCUT2D eigenvalue weighted by atomic mass is 9.78. The molecule has 0 bridgehead atoms. The molecule has 1 N–H and O–H groups in total. The van der Waals surface area contributed by atoms with Crippen molar-refractivity contribution >= 4 is 18.3 Å². The first-order chi connectivity index (χ1) is 10.6. The van der Waals surface area contributed by atoms with Crippen LogP contribution in [0.3, 0.4) is 0 Å². The van der Waals surface area contributed by atoms with Crippen LogP contribution in [0.1, 0.15) is 44.2 Å². The zero-order valence-corrected chi connectivity index (χ0v) is 14.9. The number of aryl methyl sites for hydroxylation is 1. The van der Waals surface area contributed by atoms with E-state index in [1.165, 1.54) is 30.4 Å². The summed E-state index contributed by atoms with van der Waals surface area (Å²) < 4.78 is 0. The van der Waals surface area contributed by atoms with Crippen LogP contribution in [-0.4, -0.2) is 36.0 Å². The van der Waals surface area contributed by atoms with Gasteiger partial charge in [-0.15, -0.1) is 12.4 Å². The van der Waals surface area contributed by atoms with Gasteiger partial charge in [-0.25, -0.2) is 0 Å². The van der Waals surface area contributed by atoms with Crippen molar-refractivity contribution in [1.29, 1.82) is 0 Å². The van der Waals surface area contributed by atoms with E-state index in [1.54, 1.807) is 0 Å². The first kappa shape index (κ1) is 16.8. The van der Waals surface area contributed by atoms with Gasteiger partial charge in [0.1, 0.15) is 0 Å². The average Bonchev–Trinajstić information content (AvgIpc) is 3.25. The second-order valence-corrected chi connectivity index (χ2v) is 7.44. The fourth-order valence-electron chi connectivity index (χ4n) is 4.72. The van der Waals surface area contributed by atoms with Gasteiger partial charge >= 0.3 is 0 Å². The minimum Gasteiger partial charge on any atom is -0.337 e. The fourth-order valence-corrected chi connectivity index (χ4v) is 4.72. The number of carbonyl (C=O) groups excluding carboxylic acids is 1. The lowest BCUT2D eigenvalue weighted by molar-refractivity contribution is -0.136. The van der Waals surface area contributed by atoms with Crippen LogP contribution in [0.5, 0.6) is 0 Å². The van der Waals surface area contributed by atoms with Crippen molar-refractivity contribution in [3.8, 4) is 0 Å². The van der Waals surface area contributed by atoms with Gasteiger partial charge in [-0.1, -0.05) is 24.3 Å². The van der Waals surface area contributed by atoms with Crippen molar-refractivity contribution in [3.05, 3.63) is 35.4 Å². The van der Waals surface area contributed by atoms with Crippen molar-refractivity contribution in [2.45, 2.75) is 57.0 Å². The number of fused-ring (bicyclic) bond motifs is 2. The number of nitrogens with one attached hydrogen (secondary N) is 1. The SMILES string of the molecule is CC1NCCN(C(=O)C2CC23CCCc2ccccc23)C1C.Cl. The van der Waals surface area contributed by atoms with Gasteiger partial charge in [-0.2, -0.15) is 0 Å². The van der Waals surface area contributed by atoms with Gasteiger partial charge in [0.05, 0.1) is 0 Å². The van der Waals surface area contributed by atoms with Crippen LogP contribution in [-0.2, 0) is 16.6 Å². The van der Waals surface area contributed by atoms with E-state index < -0.39 is 0 Å². The van der Waals surface area contributed by atoms with Crippen LogP contribution in [0.4, 0.5) is 0 Å². The highest BCUT2D eigenvalue weighted by molar-refractivity contribution is 5.85. The number of rotatable bonds is 1. The van der Waals surface area contributed by atoms with Crippen molar-refractivity contribution in [2.24, 2.45) is 5.92 Å². The van der Waals surface area contributed by atoms with Gasteiger partial charge in [-0.3, -0.25) is 4.79 Å². The zero-order chi connectivity index (χ0) is 15.3.